The van der Waals surface area contributed by atoms with E-state index in [1.807, 2.05) is 45.8 Å². The van der Waals surface area contributed by atoms with Crippen molar-refractivity contribution in [3.05, 3.63) is 53.9 Å². The number of nitrogens with zero attached hydrogens (tertiary/aromatic N) is 5. The maximum atomic E-state index is 13.0. The highest BCUT2D eigenvalue weighted by atomic mass is 32.2. The number of nitrogens with one attached hydrogen (secondary N) is 2. The Morgan fingerprint density at radius 2 is 2.20 bits per heavy atom. The minimum atomic E-state index is -1.24. The number of fused-ring (bicyclic) bond motifs is 2. The first kappa shape index (κ1) is 22.8. The van der Waals surface area contributed by atoms with Gasteiger partial charge in [-0.25, -0.2) is 18.7 Å². The third kappa shape index (κ3) is 3.97. The molecule has 0 bridgehead atoms. The minimum Gasteiger partial charge on any atom is -0.477 e. The van der Waals surface area contributed by atoms with Crippen molar-refractivity contribution in [2.75, 3.05) is 11.5 Å². The molecule has 1 saturated heterocycles. The van der Waals surface area contributed by atoms with Gasteiger partial charge in [0.2, 0.25) is 6.41 Å². The van der Waals surface area contributed by atoms with Crippen molar-refractivity contribution in [2.45, 2.75) is 24.0 Å². The van der Waals surface area contributed by atoms with Crippen LogP contribution in [0.2, 0.25) is 0 Å². The zero-order chi connectivity index (χ0) is 24.7. The van der Waals surface area contributed by atoms with E-state index < -0.39 is 35.2 Å². The molecule has 0 saturated carbocycles. The fourth-order valence-electron chi connectivity index (χ4n) is 4.13. The van der Waals surface area contributed by atoms with Gasteiger partial charge < -0.3 is 21.5 Å². The number of nitrogen functional groups attached to an aromatic ring is 1. The number of rotatable bonds is 8. The molecule has 0 aromatic carbocycles. The van der Waals surface area contributed by atoms with Crippen molar-refractivity contribution in [1.29, 1.82) is 0 Å². The summed E-state index contributed by atoms with van der Waals surface area (Å²) < 4.78 is 7.76. The van der Waals surface area contributed by atoms with Crippen molar-refractivity contribution in [3.63, 3.8) is 0 Å². The lowest BCUT2D eigenvalue weighted by Crippen LogP contribution is -2.71. The van der Waals surface area contributed by atoms with Crippen LogP contribution in [0.5, 0.6) is 0 Å². The van der Waals surface area contributed by atoms with E-state index in [4.69, 9.17) is 5.73 Å². The number of amides is 3. The number of imidazole rings is 1. The SMILES string of the molecule is Nc1nc(C(NC=O)C(=O)N[C@@H]2C(=O)N3C(C(=O)O)=C(C[n+]4ccn5ccccc54)CS[C@@H]23)ns1. The van der Waals surface area contributed by atoms with E-state index >= 15 is 0 Å². The summed E-state index contributed by atoms with van der Waals surface area (Å²) in [7, 11) is 0. The smallest absolute Gasteiger partial charge is 0.352 e. The average molecular weight is 516 g/mol. The lowest BCUT2D eigenvalue weighted by Gasteiger charge is -2.49. The van der Waals surface area contributed by atoms with Gasteiger partial charge >= 0.3 is 5.97 Å². The van der Waals surface area contributed by atoms with Gasteiger partial charge in [0, 0.05) is 28.9 Å². The Morgan fingerprint density at radius 3 is 2.91 bits per heavy atom. The van der Waals surface area contributed by atoms with Gasteiger partial charge in [-0.05, 0) is 6.07 Å². The van der Waals surface area contributed by atoms with E-state index in [-0.39, 0.29) is 16.7 Å². The molecule has 3 atom stereocenters. The molecule has 180 valence electrons. The minimum absolute atomic E-state index is 0.00209. The molecule has 3 aromatic heterocycles. The Labute approximate surface area is 205 Å². The number of aliphatic carboxylic acids is 1. The molecule has 0 radical (unpaired) electrons. The molecule has 15 heteroatoms. The Morgan fingerprint density at radius 1 is 1.37 bits per heavy atom. The van der Waals surface area contributed by atoms with Crippen LogP contribution < -0.4 is 20.9 Å². The molecular weight excluding hydrogens is 496 g/mol. The van der Waals surface area contributed by atoms with E-state index in [1.54, 1.807) is 0 Å². The molecule has 5 rings (SSSR count). The van der Waals surface area contributed by atoms with Crippen molar-refractivity contribution in [1.82, 2.24) is 29.3 Å². The number of carboxylic acids is 1. The fraction of sp³-hybridized carbons (Fsp3) is 0.250. The molecule has 3 amide bonds. The van der Waals surface area contributed by atoms with Gasteiger partial charge in [0.1, 0.15) is 36.1 Å². The maximum Gasteiger partial charge on any atom is 0.352 e. The Balaban J connectivity index is 1.36. The highest BCUT2D eigenvalue weighted by Gasteiger charge is 2.54. The number of aromatic nitrogens is 4. The van der Waals surface area contributed by atoms with Crippen LogP contribution in [0.15, 0.2) is 48.1 Å². The second-order valence-electron chi connectivity index (χ2n) is 7.75. The summed E-state index contributed by atoms with van der Waals surface area (Å²) >= 11 is 2.22. The summed E-state index contributed by atoms with van der Waals surface area (Å²) in [6, 6.07) is 3.49. The Bertz CT molecular complexity index is 1380. The third-order valence-electron chi connectivity index (χ3n) is 5.69. The number of carboxylic acid groups (broad SMARTS) is 1. The number of thioether (sulfide) groups is 1. The normalized spacial score (nSPS) is 20.2. The van der Waals surface area contributed by atoms with Gasteiger partial charge in [0.25, 0.3) is 17.5 Å². The molecule has 2 aliphatic rings. The Hall–Kier alpha value is -3.98. The van der Waals surface area contributed by atoms with Crippen molar-refractivity contribution in [2.24, 2.45) is 0 Å². The van der Waals surface area contributed by atoms with Crippen LogP contribution in [0, 0.1) is 0 Å². The van der Waals surface area contributed by atoms with Gasteiger partial charge in [0.05, 0.1) is 6.20 Å². The third-order valence-corrected chi connectivity index (χ3v) is 7.59. The first-order chi connectivity index (χ1) is 16.9. The second kappa shape index (κ2) is 8.99. The van der Waals surface area contributed by atoms with E-state index in [9.17, 15) is 24.3 Å². The number of carbonyl (C=O) groups excluding carboxylic acids is 3. The van der Waals surface area contributed by atoms with E-state index in [2.05, 4.69) is 20.0 Å². The number of hydrogen-bond donors (Lipinski definition) is 4. The first-order valence-electron chi connectivity index (χ1n) is 10.3. The molecule has 5 N–H and O–H groups in total. The summed E-state index contributed by atoms with van der Waals surface area (Å²) in [5, 5.41) is 14.4. The van der Waals surface area contributed by atoms with Gasteiger partial charge in [-0.1, -0.05) is 6.07 Å². The number of hydrogen-bond acceptors (Lipinski definition) is 9. The van der Waals surface area contributed by atoms with Crippen LogP contribution in [-0.2, 0) is 25.7 Å². The molecule has 13 nitrogen and oxygen atoms in total. The summed E-state index contributed by atoms with van der Waals surface area (Å²) in [5.41, 5.74) is 6.95. The molecule has 2 aliphatic heterocycles. The zero-order valence-corrected chi connectivity index (χ0v) is 19.5. The van der Waals surface area contributed by atoms with Crippen LogP contribution in [-0.4, -0.2) is 65.1 Å². The van der Waals surface area contributed by atoms with Gasteiger partial charge in [-0.3, -0.25) is 19.3 Å². The molecule has 0 spiro atoms. The quantitative estimate of drug-likeness (QED) is 0.165. The van der Waals surface area contributed by atoms with Crippen molar-refractivity contribution in [3.8, 4) is 0 Å². The monoisotopic (exact) mass is 515 g/mol. The molecule has 1 unspecified atom stereocenters. The highest BCUT2D eigenvalue weighted by molar-refractivity contribution is 8.00. The summed E-state index contributed by atoms with van der Waals surface area (Å²) in [4.78, 5) is 54.1. The molecule has 35 heavy (non-hydrogen) atoms. The number of β-lactam (4-membered cyclic amide) rings is 1. The number of anilines is 1. The van der Waals surface area contributed by atoms with Gasteiger partial charge in [0.15, 0.2) is 17.0 Å². The van der Waals surface area contributed by atoms with Crippen LogP contribution >= 0.6 is 23.3 Å². The number of pyridine rings is 1. The van der Waals surface area contributed by atoms with Crippen LogP contribution in [0.3, 0.4) is 0 Å². The Kier molecular flexibility index (Phi) is 5.86. The molecule has 5 heterocycles. The van der Waals surface area contributed by atoms with Crippen LogP contribution in [0.4, 0.5) is 5.13 Å². The number of nitrogens with two attached hydrogens (primary N) is 1. The predicted octanol–water partition coefficient (Wildman–Crippen LogP) is -1.11. The molecule has 0 aliphatic carbocycles. The van der Waals surface area contributed by atoms with Crippen molar-refractivity contribution >= 4 is 58.3 Å². The molecule has 3 aromatic rings. The second-order valence-corrected chi connectivity index (χ2v) is 9.64. The van der Waals surface area contributed by atoms with Crippen molar-refractivity contribution < 1.29 is 28.9 Å². The summed E-state index contributed by atoms with van der Waals surface area (Å²) in [6.07, 6.45) is 5.92. The highest BCUT2D eigenvalue weighted by Crippen LogP contribution is 2.40. The molecule has 1 fully saturated rings. The lowest BCUT2D eigenvalue weighted by atomic mass is 10.0. The summed E-state index contributed by atoms with van der Waals surface area (Å²) in [5.74, 6) is -2.10. The van der Waals surface area contributed by atoms with Gasteiger partial charge in [-0.15, -0.1) is 11.8 Å². The fourth-order valence-corrected chi connectivity index (χ4v) is 5.93. The van der Waals surface area contributed by atoms with E-state index in [1.165, 1.54) is 16.7 Å². The average Bonchev–Trinajstić information content (AvgIpc) is 3.46. The maximum absolute atomic E-state index is 13.0. The lowest BCUT2D eigenvalue weighted by molar-refractivity contribution is -0.662. The van der Waals surface area contributed by atoms with Crippen LogP contribution in [0.1, 0.15) is 11.9 Å². The van der Waals surface area contributed by atoms with E-state index in [0.29, 0.717) is 24.3 Å². The number of carbonyl (C=O) groups is 4. The van der Waals surface area contributed by atoms with E-state index in [0.717, 1.165) is 17.2 Å². The first-order valence-corrected chi connectivity index (χ1v) is 12.2. The predicted molar refractivity (Wildman–Crippen MR) is 124 cm³/mol. The zero-order valence-electron chi connectivity index (χ0n) is 17.9. The largest absolute Gasteiger partial charge is 0.477 e. The molecular formula is C20H19N8O5S2+. The standard InChI is InChI=1S/C20H18N8O5S2/c21-20-24-15(25-35-20)12(22-9-29)16(30)23-13-17(31)28-14(19(32)33)10(8-34-18(13)28)7-27-6-5-26-4-2-1-3-11(26)27/h1-6,9,12-13,18H,7-8H2,(H4-,21,22,23,24,25,29,30,32,33)/p+1/t12?,13-,18+/m1/s1. The topological polar surface area (TPSA) is 176 Å². The van der Waals surface area contributed by atoms with Gasteiger partial charge in [-0.2, -0.15) is 4.37 Å². The summed E-state index contributed by atoms with van der Waals surface area (Å²) in [6.45, 7) is 0.297. The van der Waals surface area contributed by atoms with Crippen LogP contribution in [0.25, 0.3) is 5.65 Å².